The van der Waals surface area contributed by atoms with Gasteiger partial charge < -0.3 is 28.4 Å². The second-order valence-electron chi connectivity index (χ2n) is 11.6. The molecule has 8 nitrogen and oxygen atoms in total. The summed E-state index contributed by atoms with van der Waals surface area (Å²) < 4.78 is 32.5. The normalized spacial score (nSPS) is 10.9. The first-order valence-corrected chi connectivity index (χ1v) is 17.0. The van der Waals surface area contributed by atoms with Crippen LogP contribution in [0.3, 0.4) is 0 Å². The molecule has 0 saturated heterocycles. The standard InChI is InChI=1S/C43H43NO7/c1-46-22-23-47-24-25-48-26-27-49-28-29-50-30-31-51-42-20-18-41(19-21-42)43(45)40-16-14-39(15-17-40)38-12-10-37(11-13-38)36-8-6-35(7-9-36)34-4-2-33(32-44)3-5-34/h2-21H,22-31H2,1H3. The predicted molar refractivity (Wildman–Crippen MR) is 198 cm³/mol. The maximum absolute atomic E-state index is 13.2. The smallest absolute Gasteiger partial charge is 0.193 e. The second kappa shape index (κ2) is 20.5. The van der Waals surface area contributed by atoms with Gasteiger partial charge in [0.1, 0.15) is 12.4 Å². The average Bonchev–Trinajstić information content (AvgIpc) is 3.19. The van der Waals surface area contributed by atoms with Crippen molar-refractivity contribution < 1.29 is 33.2 Å². The van der Waals surface area contributed by atoms with E-state index in [1.165, 1.54) is 0 Å². The zero-order valence-corrected chi connectivity index (χ0v) is 28.9. The molecule has 0 heterocycles. The maximum Gasteiger partial charge on any atom is 0.193 e. The first-order valence-electron chi connectivity index (χ1n) is 17.0. The Bertz CT molecular complexity index is 1800. The van der Waals surface area contributed by atoms with E-state index in [2.05, 4.69) is 54.6 Å². The van der Waals surface area contributed by atoms with Crippen LogP contribution in [-0.4, -0.2) is 79.0 Å². The van der Waals surface area contributed by atoms with Crippen molar-refractivity contribution in [2.45, 2.75) is 0 Å². The maximum atomic E-state index is 13.2. The lowest BCUT2D eigenvalue weighted by atomic mass is 9.96. The number of ketones is 1. The van der Waals surface area contributed by atoms with Crippen LogP contribution in [0.5, 0.6) is 5.75 Å². The van der Waals surface area contributed by atoms with Crippen molar-refractivity contribution >= 4 is 5.78 Å². The van der Waals surface area contributed by atoms with Gasteiger partial charge in [-0.15, -0.1) is 0 Å². The molecule has 0 unspecified atom stereocenters. The first kappa shape index (κ1) is 37.1. The zero-order valence-electron chi connectivity index (χ0n) is 28.9. The average molecular weight is 686 g/mol. The van der Waals surface area contributed by atoms with E-state index in [4.69, 9.17) is 33.7 Å². The lowest BCUT2D eigenvalue weighted by Gasteiger charge is -2.09. The van der Waals surface area contributed by atoms with Crippen LogP contribution in [0.4, 0.5) is 0 Å². The summed E-state index contributed by atoms with van der Waals surface area (Å²) >= 11 is 0. The van der Waals surface area contributed by atoms with E-state index in [0.717, 1.165) is 33.4 Å². The van der Waals surface area contributed by atoms with Crippen molar-refractivity contribution in [3.05, 3.63) is 138 Å². The quantitative estimate of drug-likeness (QED) is 0.0569. The fraction of sp³-hybridized carbons (Fsp3) is 0.256. The fourth-order valence-corrected chi connectivity index (χ4v) is 5.25. The van der Waals surface area contributed by atoms with Crippen molar-refractivity contribution in [2.24, 2.45) is 0 Å². The van der Waals surface area contributed by atoms with Gasteiger partial charge in [-0.3, -0.25) is 4.79 Å². The number of benzene rings is 5. The molecule has 5 aromatic rings. The number of hydrogen-bond donors (Lipinski definition) is 0. The van der Waals surface area contributed by atoms with Crippen LogP contribution < -0.4 is 4.74 Å². The fourth-order valence-electron chi connectivity index (χ4n) is 5.25. The third kappa shape index (κ3) is 11.7. The molecule has 0 atom stereocenters. The minimum atomic E-state index is -0.0444. The lowest BCUT2D eigenvalue weighted by molar-refractivity contribution is -0.00978. The Morgan fingerprint density at radius 1 is 0.451 bits per heavy atom. The Morgan fingerprint density at radius 3 is 1.14 bits per heavy atom. The van der Waals surface area contributed by atoms with Crippen LogP contribution >= 0.6 is 0 Å². The van der Waals surface area contributed by atoms with Gasteiger partial charge in [0.05, 0.1) is 71.1 Å². The number of methoxy groups -OCH3 is 1. The molecule has 262 valence electrons. The monoisotopic (exact) mass is 685 g/mol. The molecule has 0 spiro atoms. The molecule has 0 aliphatic rings. The summed E-state index contributed by atoms with van der Waals surface area (Å²) in [5.41, 5.74) is 8.42. The van der Waals surface area contributed by atoms with Crippen LogP contribution in [-0.2, 0) is 23.7 Å². The molecule has 5 aromatic carbocycles. The summed E-state index contributed by atoms with van der Waals surface area (Å²) in [6, 6.07) is 41.5. The number of ether oxygens (including phenoxy) is 6. The summed E-state index contributed by atoms with van der Waals surface area (Å²) in [5, 5.41) is 9.03. The lowest BCUT2D eigenvalue weighted by Crippen LogP contribution is -2.14. The van der Waals surface area contributed by atoms with E-state index in [9.17, 15) is 4.79 Å². The Hall–Kier alpha value is -5.14. The van der Waals surface area contributed by atoms with Gasteiger partial charge in [-0.1, -0.05) is 84.9 Å². The Balaban J connectivity index is 1.000. The Labute approximate surface area is 300 Å². The number of nitriles is 1. The predicted octanol–water partition coefficient (Wildman–Crippen LogP) is 7.88. The summed E-state index contributed by atoms with van der Waals surface area (Å²) in [5.74, 6) is 0.632. The topological polar surface area (TPSA) is 96.2 Å². The molecule has 0 saturated carbocycles. The molecular formula is C43H43NO7. The van der Waals surface area contributed by atoms with E-state index in [-0.39, 0.29) is 5.78 Å². The second-order valence-corrected chi connectivity index (χ2v) is 11.6. The summed E-state index contributed by atoms with van der Waals surface area (Å²) in [4.78, 5) is 13.2. The number of rotatable bonds is 21. The number of nitrogens with zero attached hydrogens (tertiary/aromatic N) is 1. The molecule has 8 heteroatoms. The third-order valence-corrected chi connectivity index (χ3v) is 8.09. The summed E-state index contributed by atoms with van der Waals surface area (Å²) in [7, 11) is 1.64. The van der Waals surface area contributed by atoms with Gasteiger partial charge in [-0.2, -0.15) is 5.26 Å². The highest BCUT2D eigenvalue weighted by molar-refractivity contribution is 6.09. The van der Waals surface area contributed by atoms with Crippen LogP contribution in [0.25, 0.3) is 33.4 Å². The summed E-state index contributed by atoms with van der Waals surface area (Å²) in [6.45, 7) is 5.02. The van der Waals surface area contributed by atoms with Crippen LogP contribution in [0.1, 0.15) is 21.5 Å². The van der Waals surface area contributed by atoms with E-state index in [1.807, 2.05) is 48.5 Å². The molecular weight excluding hydrogens is 642 g/mol. The number of carbonyl (C=O) groups is 1. The SMILES string of the molecule is COCCOCCOCCOCCOCCOc1ccc(C(=O)c2ccc(-c3ccc(-c4ccc(-c5ccc(C#N)cc5)cc4)cc3)cc2)cc1. The van der Waals surface area contributed by atoms with Gasteiger partial charge in [-0.05, 0) is 69.8 Å². The number of carbonyl (C=O) groups excluding carboxylic acids is 1. The molecule has 0 aromatic heterocycles. The van der Waals surface area contributed by atoms with Gasteiger partial charge in [-0.25, -0.2) is 0 Å². The van der Waals surface area contributed by atoms with Crippen molar-refractivity contribution in [3.8, 4) is 45.2 Å². The van der Waals surface area contributed by atoms with Gasteiger partial charge in [0, 0.05) is 18.2 Å². The van der Waals surface area contributed by atoms with Crippen LogP contribution in [0.15, 0.2) is 121 Å². The van der Waals surface area contributed by atoms with E-state index >= 15 is 0 Å². The number of hydrogen-bond acceptors (Lipinski definition) is 8. The van der Waals surface area contributed by atoms with Crippen LogP contribution in [0.2, 0.25) is 0 Å². The van der Waals surface area contributed by atoms with Gasteiger partial charge >= 0.3 is 0 Å². The van der Waals surface area contributed by atoms with Crippen molar-refractivity contribution in [2.75, 3.05) is 73.2 Å². The molecule has 0 N–H and O–H groups in total. The van der Waals surface area contributed by atoms with Crippen molar-refractivity contribution in [3.63, 3.8) is 0 Å². The molecule has 0 aliphatic carbocycles. The highest BCUT2D eigenvalue weighted by atomic mass is 16.6. The minimum absolute atomic E-state index is 0.0444. The largest absolute Gasteiger partial charge is 0.491 e. The molecule has 0 amide bonds. The molecule has 5 rings (SSSR count). The van der Waals surface area contributed by atoms with Crippen molar-refractivity contribution in [1.29, 1.82) is 5.26 Å². The Kier molecular flexibility index (Phi) is 14.9. The first-order chi connectivity index (χ1) is 25.1. The highest BCUT2D eigenvalue weighted by Gasteiger charge is 2.10. The van der Waals surface area contributed by atoms with Crippen LogP contribution in [0, 0.1) is 11.3 Å². The van der Waals surface area contributed by atoms with E-state index in [1.54, 1.807) is 31.4 Å². The van der Waals surface area contributed by atoms with Crippen molar-refractivity contribution in [1.82, 2.24) is 0 Å². The molecule has 0 fully saturated rings. The minimum Gasteiger partial charge on any atom is -0.491 e. The van der Waals surface area contributed by atoms with E-state index < -0.39 is 0 Å². The Morgan fingerprint density at radius 2 is 0.765 bits per heavy atom. The summed E-state index contributed by atoms with van der Waals surface area (Å²) in [6.07, 6.45) is 0. The molecule has 0 bridgehead atoms. The van der Waals surface area contributed by atoms with Gasteiger partial charge in [0.15, 0.2) is 5.78 Å². The van der Waals surface area contributed by atoms with Gasteiger partial charge in [0.25, 0.3) is 0 Å². The zero-order chi connectivity index (χ0) is 35.5. The van der Waals surface area contributed by atoms with Gasteiger partial charge in [0.2, 0.25) is 0 Å². The molecule has 51 heavy (non-hydrogen) atoms. The highest BCUT2D eigenvalue weighted by Crippen LogP contribution is 2.28. The van der Waals surface area contributed by atoms with E-state index in [0.29, 0.717) is 88.5 Å². The molecule has 0 aliphatic heterocycles. The third-order valence-electron chi connectivity index (χ3n) is 8.09. The molecule has 0 radical (unpaired) electrons.